The number of nitro benzene ring substituents is 1. The molecule has 0 aliphatic heterocycles. The molecule has 128 valence electrons. The van der Waals surface area contributed by atoms with Gasteiger partial charge in [-0.1, -0.05) is 18.2 Å². The molecule has 6 nitrogen and oxygen atoms in total. The molecule has 1 heterocycles. The Morgan fingerprint density at radius 1 is 1.04 bits per heavy atom. The number of fused-ring (bicyclic) bond motifs is 1. The Labute approximate surface area is 144 Å². The first-order valence-electron chi connectivity index (χ1n) is 7.86. The van der Waals surface area contributed by atoms with Gasteiger partial charge in [-0.25, -0.2) is 0 Å². The van der Waals surface area contributed by atoms with Gasteiger partial charge in [0, 0.05) is 17.0 Å². The highest BCUT2D eigenvalue weighted by molar-refractivity contribution is 6.07. The normalized spacial score (nSPS) is 10.9. The molecule has 0 unspecified atom stereocenters. The van der Waals surface area contributed by atoms with Crippen LogP contribution in [0.15, 0.2) is 34.7 Å². The average Bonchev–Trinajstić information content (AvgIpc) is 2.91. The highest BCUT2D eigenvalue weighted by atomic mass is 16.6. The van der Waals surface area contributed by atoms with Gasteiger partial charge in [-0.2, -0.15) is 0 Å². The maximum atomic E-state index is 12.7. The van der Waals surface area contributed by atoms with Crippen LogP contribution in [-0.2, 0) is 0 Å². The number of hydrogen-bond donors (Lipinski definition) is 1. The number of benzene rings is 2. The largest absolute Gasteiger partial charge is 0.450 e. The number of nitro groups is 1. The van der Waals surface area contributed by atoms with Crippen molar-refractivity contribution in [3.63, 3.8) is 0 Å². The Morgan fingerprint density at radius 2 is 1.72 bits per heavy atom. The van der Waals surface area contributed by atoms with E-state index in [-0.39, 0.29) is 11.4 Å². The molecule has 25 heavy (non-hydrogen) atoms. The lowest BCUT2D eigenvalue weighted by atomic mass is 10.0. The Hall–Kier alpha value is -3.15. The predicted molar refractivity (Wildman–Crippen MR) is 96.2 cm³/mol. The molecule has 6 heteroatoms. The molecule has 0 spiro atoms. The molecule has 2 aromatic carbocycles. The number of furan rings is 1. The van der Waals surface area contributed by atoms with E-state index in [0.717, 1.165) is 22.1 Å². The third-order valence-electron chi connectivity index (χ3n) is 4.44. The summed E-state index contributed by atoms with van der Waals surface area (Å²) in [4.78, 5) is 23.3. The van der Waals surface area contributed by atoms with Gasteiger partial charge in [-0.15, -0.1) is 0 Å². The second kappa shape index (κ2) is 6.05. The molecule has 1 amide bonds. The van der Waals surface area contributed by atoms with E-state index in [4.69, 9.17) is 4.42 Å². The summed E-state index contributed by atoms with van der Waals surface area (Å²) in [7, 11) is 0. The van der Waals surface area contributed by atoms with E-state index < -0.39 is 10.8 Å². The van der Waals surface area contributed by atoms with Crippen molar-refractivity contribution in [2.45, 2.75) is 27.7 Å². The van der Waals surface area contributed by atoms with Gasteiger partial charge in [0.2, 0.25) is 0 Å². The summed E-state index contributed by atoms with van der Waals surface area (Å²) in [5.74, 6) is -0.200. The molecule has 0 saturated heterocycles. The van der Waals surface area contributed by atoms with Gasteiger partial charge in [0.1, 0.15) is 5.58 Å². The van der Waals surface area contributed by atoms with Crippen LogP contribution in [-0.4, -0.2) is 10.8 Å². The monoisotopic (exact) mass is 338 g/mol. The lowest BCUT2D eigenvalue weighted by molar-refractivity contribution is -0.385. The minimum absolute atomic E-state index is 0.0363. The fraction of sp³-hybridized carbons (Fsp3) is 0.211. The molecule has 0 aliphatic carbocycles. The average molecular weight is 338 g/mol. The van der Waals surface area contributed by atoms with E-state index in [2.05, 4.69) is 5.32 Å². The molecule has 1 N–H and O–H groups in total. The van der Waals surface area contributed by atoms with E-state index in [1.165, 1.54) is 6.07 Å². The highest BCUT2D eigenvalue weighted by Gasteiger charge is 2.22. The first-order valence-corrected chi connectivity index (χ1v) is 7.86. The number of anilines is 1. The molecule has 3 rings (SSSR count). The SMILES string of the molecule is Cc1c(NC(=O)c2oc3c(C)ccc(C)c3c2C)cccc1[N+](=O)[O-]. The summed E-state index contributed by atoms with van der Waals surface area (Å²) >= 11 is 0. The van der Waals surface area contributed by atoms with Crippen LogP contribution in [0.4, 0.5) is 11.4 Å². The van der Waals surface area contributed by atoms with Crippen molar-refractivity contribution < 1.29 is 14.1 Å². The number of nitrogens with zero attached hydrogens (tertiary/aromatic N) is 1. The first kappa shape index (κ1) is 16.7. The molecule has 0 atom stereocenters. The molecule has 0 radical (unpaired) electrons. The maximum absolute atomic E-state index is 12.7. The van der Waals surface area contributed by atoms with Crippen LogP contribution in [0.5, 0.6) is 0 Å². The molecule has 0 saturated carbocycles. The quantitative estimate of drug-likeness (QED) is 0.547. The van der Waals surface area contributed by atoms with E-state index in [9.17, 15) is 14.9 Å². The molecular formula is C19H18N2O4. The van der Waals surface area contributed by atoms with Crippen LogP contribution in [0.2, 0.25) is 0 Å². The van der Waals surface area contributed by atoms with Gasteiger partial charge >= 0.3 is 0 Å². The zero-order valence-electron chi connectivity index (χ0n) is 14.5. The van der Waals surface area contributed by atoms with Crippen molar-refractivity contribution in [1.82, 2.24) is 0 Å². The zero-order chi connectivity index (χ0) is 18.3. The van der Waals surface area contributed by atoms with Crippen molar-refractivity contribution in [2.75, 3.05) is 5.32 Å². The fourth-order valence-electron chi connectivity index (χ4n) is 3.03. The Bertz CT molecular complexity index is 1020. The summed E-state index contributed by atoms with van der Waals surface area (Å²) in [5, 5.41) is 14.7. The predicted octanol–water partition coefficient (Wildman–Crippen LogP) is 4.83. The Balaban J connectivity index is 2.03. The van der Waals surface area contributed by atoms with Crippen LogP contribution in [0.25, 0.3) is 11.0 Å². The number of amides is 1. The lowest BCUT2D eigenvalue weighted by Gasteiger charge is -2.07. The topological polar surface area (TPSA) is 85.4 Å². The summed E-state index contributed by atoms with van der Waals surface area (Å²) in [6.45, 7) is 7.34. The van der Waals surface area contributed by atoms with Gasteiger partial charge in [-0.3, -0.25) is 14.9 Å². The van der Waals surface area contributed by atoms with E-state index in [0.29, 0.717) is 16.8 Å². The Morgan fingerprint density at radius 3 is 2.36 bits per heavy atom. The molecule has 3 aromatic rings. The van der Waals surface area contributed by atoms with Gasteiger partial charge in [0.05, 0.1) is 16.2 Å². The van der Waals surface area contributed by atoms with Crippen molar-refractivity contribution >= 4 is 28.3 Å². The van der Waals surface area contributed by atoms with Crippen LogP contribution >= 0.6 is 0 Å². The van der Waals surface area contributed by atoms with Gasteiger partial charge in [0.15, 0.2) is 5.76 Å². The van der Waals surface area contributed by atoms with Gasteiger partial charge < -0.3 is 9.73 Å². The van der Waals surface area contributed by atoms with E-state index >= 15 is 0 Å². The summed E-state index contributed by atoms with van der Waals surface area (Å²) < 4.78 is 5.82. The highest BCUT2D eigenvalue weighted by Crippen LogP contribution is 2.32. The summed E-state index contributed by atoms with van der Waals surface area (Å²) in [6, 6.07) is 8.53. The van der Waals surface area contributed by atoms with Crippen LogP contribution < -0.4 is 5.32 Å². The number of carbonyl (C=O) groups is 1. The smallest absolute Gasteiger partial charge is 0.291 e. The second-order valence-electron chi connectivity index (χ2n) is 6.12. The van der Waals surface area contributed by atoms with Crippen molar-refractivity contribution in [3.8, 4) is 0 Å². The van der Waals surface area contributed by atoms with Gasteiger partial charge in [0.25, 0.3) is 11.6 Å². The molecule has 0 fully saturated rings. The van der Waals surface area contributed by atoms with E-state index in [1.807, 2.05) is 32.9 Å². The lowest BCUT2D eigenvalue weighted by Crippen LogP contribution is -2.13. The minimum Gasteiger partial charge on any atom is -0.450 e. The van der Waals surface area contributed by atoms with Crippen molar-refractivity contribution in [3.05, 3.63) is 68.5 Å². The zero-order valence-corrected chi connectivity index (χ0v) is 14.5. The summed E-state index contributed by atoms with van der Waals surface area (Å²) in [6.07, 6.45) is 0. The molecule has 0 bridgehead atoms. The number of rotatable bonds is 3. The molecule has 1 aromatic heterocycles. The van der Waals surface area contributed by atoms with Crippen LogP contribution in [0, 0.1) is 37.8 Å². The summed E-state index contributed by atoms with van der Waals surface area (Å²) in [5.41, 5.74) is 4.21. The number of nitrogens with one attached hydrogen (secondary N) is 1. The molecule has 0 aliphatic rings. The second-order valence-corrected chi connectivity index (χ2v) is 6.12. The number of aryl methyl sites for hydroxylation is 3. The van der Waals surface area contributed by atoms with Gasteiger partial charge in [-0.05, 0) is 44.9 Å². The van der Waals surface area contributed by atoms with Crippen molar-refractivity contribution in [2.24, 2.45) is 0 Å². The van der Waals surface area contributed by atoms with E-state index in [1.54, 1.807) is 19.1 Å². The molecular weight excluding hydrogens is 320 g/mol. The number of carbonyl (C=O) groups excluding carboxylic acids is 1. The first-order chi connectivity index (χ1) is 11.8. The standard InChI is InChI=1S/C19H18N2O4/c1-10-8-9-11(2)17-16(10)13(4)18(25-17)19(22)20-14-6-5-7-15(12(14)3)21(23)24/h5-9H,1-4H3,(H,20,22). The van der Waals surface area contributed by atoms with Crippen molar-refractivity contribution in [1.29, 1.82) is 0 Å². The maximum Gasteiger partial charge on any atom is 0.291 e. The fourth-order valence-corrected chi connectivity index (χ4v) is 3.03. The van der Waals surface area contributed by atoms with Crippen LogP contribution in [0.3, 0.4) is 0 Å². The minimum atomic E-state index is -0.468. The number of hydrogen-bond acceptors (Lipinski definition) is 4. The van der Waals surface area contributed by atoms with Crippen LogP contribution in [0.1, 0.15) is 32.8 Å². The third-order valence-corrected chi connectivity index (χ3v) is 4.44. The Kier molecular flexibility index (Phi) is 4.04. The third kappa shape index (κ3) is 2.76.